The number of carbonyl (C=O) groups is 2. The molecule has 4 nitrogen and oxygen atoms in total. The quantitative estimate of drug-likeness (QED) is 0.826. The van der Waals surface area contributed by atoms with E-state index in [2.05, 4.69) is 5.32 Å². The Hall–Kier alpha value is -1.84. The molecule has 1 aromatic rings. The Bertz CT molecular complexity index is 468. The highest BCUT2D eigenvalue weighted by molar-refractivity contribution is 6.04. The van der Waals surface area contributed by atoms with Gasteiger partial charge in [-0.3, -0.25) is 9.69 Å². The van der Waals surface area contributed by atoms with Gasteiger partial charge >= 0.3 is 6.03 Å². The number of imide groups is 1. The molecule has 3 amide bonds. The van der Waals surface area contributed by atoms with E-state index < -0.39 is 0 Å². The maximum Gasteiger partial charge on any atom is 0.325 e. The molecule has 2 fully saturated rings. The third kappa shape index (κ3) is 1.88. The SMILES string of the molecule is O=C1NC(C2CCC2)C(=O)N1Cc1ccccc1. The van der Waals surface area contributed by atoms with Crippen LogP contribution in [0.4, 0.5) is 4.79 Å². The second-order valence-corrected chi connectivity index (χ2v) is 5.03. The van der Waals surface area contributed by atoms with Gasteiger partial charge in [-0.05, 0) is 24.3 Å². The van der Waals surface area contributed by atoms with Crippen molar-refractivity contribution in [2.75, 3.05) is 0 Å². The minimum absolute atomic E-state index is 0.0615. The van der Waals surface area contributed by atoms with Gasteiger partial charge in [0, 0.05) is 0 Å². The molecule has 1 aliphatic heterocycles. The zero-order valence-electron chi connectivity index (χ0n) is 10.1. The van der Waals surface area contributed by atoms with Gasteiger partial charge in [0.2, 0.25) is 0 Å². The molecule has 0 spiro atoms. The zero-order chi connectivity index (χ0) is 12.5. The Balaban J connectivity index is 1.72. The van der Waals surface area contributed by atoms with Crippen molar-refractivity contribution in [1.82, 2.24) is 10.2 Å². The number of nitrogens with one attached hydrogen (secondary N) is 1. The summed E-state index contributed by atoms with van der Waals surface area (Å²) in [5.74, 6) is 0.288. The van der Waals surface area contributed by atoms with E-state index in [1.807, 2.05) is 30.3 Å². The number of carbonyl (C=O) groups excluding carboxylic acids is 2. The van der Waals surface area contributed by atoms with Gasteiger partial charge < -0.3 is 5.32 Å². The fourth-order valence-electron chi connectivity index (χ4n) is 2.55. The lowest BCUT2D eigenvalue weighted by Crippen LogP contribution is -2.40. The molecule has 1 N–H and O–H groups in total. The van der Waals surface area contributed by atoms with Gasteiger partial charge in [-0.2, -0.15) is 0 Å². The predicted molar refractivity (Wildman–Crippen MR) is 66.7 cm³/mol. The number of amides is 3. The van der Waals surface area contributed by atoms with E-state index in [0.29, 0.717) is 12.5 Å². The average molecular weight is 244 g/mol. The molecule has 3 rings (SSSR count). The highest BCUT2D eigenvalue weighted by Crippen LogP contribution is 2.32. The maximum atomic E-state index is 12.2. The molecule has 4 heteroatoms. The lowest BCUT2D eigenvalue weighted by atomic mass is 9.80. The average Bonchev–Trinajstić information content (AvgIpc) is 2.57. The van der Waals surface area contributed by atoms with Crippen molar-refractivity contribution in [3.8, 4) is 0 Å². The smallest absolute Gasteiger partial charge is 0.325 e. The molecule has 18 heavy (non-hydrogen) atoms. The molecule has 1 saturated heterocycles. The van der Waals surface area contributed by atoms with E-state index in [0.717, 1.165) is 18.4 Å². The molecule has 1 heterocycles. The van der Waals surface area contributed by atoms with Gasteiger partial charge in [-0.25, -0.2) is 4.79 Å². The van der Waals surface area contributed by atoms with Crippen LogP contribution in [0.3, 0.4) is 0 Å². The van der Waals surface area contributed by atoms with Crippen LogP contribution in [-0.2, 0) is 11.3 Å². The molecular weight excluding hydrogens is 228 g/mol. The van der Waals surface area contributed by atoms with Crippen LogP contribution < -0.4 is 5.32 Å². The van der Waals surface area contributed by atoms with Gasteiger partial charge in [0.15, 0.2) is 0 Å². The Labute approximate surface area is 106 Å². The van der Waals surface area contributed by atoms with Crippen molar-refractivity contribution in [3.05, 3.63) is 35.9 Å². The van der Waals surface area contributed by atoms with E-state index in [1.165, 1.54) is 11.3 Å². The fourth-order valence-corrected chi connectivity index (χ4v) is 2.55. The van der Waals surface area contributed by atoms with Crippen LogP contribution in [-0.4, -0.2) is 22.9 Å². The first kappa shape index (κ1) is 11.3. The van der Waals surface area contributed by atoms with Crippen LogP contribution in [0, 0.1) is 5.92 Å². The molecule has 0 aromatic heterocycles. The van der Waals surface area contributed by atoms with Gasteiger partial charge in [-0.15, -0.1) is 0 Å². The van der Waals surface area contributed by atoms with E-state index in [9.17, 15) is 9.59 Å². The number of urea groups is 1. The molecule has 1 saturated carbocycles. The largest absolute Gasteiger partial charge is 0.326 e. The minimum Gasteiger partial charge on any atom is -0.326 e. The van der Waals surface area contributed by atoms with Crippen LogP contribution in [0.5, 0.6) is 0 Å². The summed E-state index contributed by atoms with van der Waals surface area (Å²) in [6.45, 7) is 0.370. The normalized spacial score (nSPS) is 24.0. The van der Waals surface area contributed by atoms with Gasteiger partial charge in [0.1, 0.15) is 6.04 Å². The van der Waals surface area contributed by atoms with E-state index in [-0.39, 0.29) is 18.0 Å². The lowest BCUT2D eigenvalue weighted by Gasteiger charge is -2.29. The Kier molecular flexibility index (Phi) is 2.78. The van der Waals surface area contributed by atoms with Gasteiger partial charge in [0.25, 0.3) is 5.91 Å². The molecule has 0 radical (unpaired) electrons. The third-order valence-electron chi connectivity index (χ3n) is 3.86. The van der Waals surface area contributed by atoms with Gasteiger partial charge in [0.05, 0.1) is 6.54 Å². The molecule has 0 bridgehead atoms. The van der Waals surface area contributed by atoms with Crippen LogP contribution >= 0.6 is 0 Å². The summed E-state index contributed by atoms with van der Waals surface area (Å²) in [5.41, 5.74) is 0.982. The molecular formula is C14H16N2O2. The highest BCUT2D eigenvalue weighted by atomic mass is 16.2. The standard InChI is InChI=1S/C14H16N2O2/c17-13-12(11-7-4-8-11)15-14(18)16(13)9-10-5-2-1-3-6-10/h1-3,5-6,11-12H,4,7-9H2,(H,15,18). The van der Waals surface area contributed by atoms with E-state index in [1.54, 1.807) is 0 Å². The van der Waals surface area contributed by atoms with Crippen molar-refractivity contribution in [1.29, 1.82) is 0 Å². The monoisotopic (exact) mass is 244 g/mol. The molecule has 1 aromatic carbocycles. The second kappa shape index (κ2) is 4.44. The zero-order valence-corrected chi connectivity index (χ0v) is 10.1. The molecule has 2 aliphatic rings. The first-order valence-corrected chi connectivity index (χ1v) is 6.41. The van der Waals surface area contributed by atoms with Crippen LogP contribution in [0.25, 0.3) is 0 Å². The number of benzene rings is 1. The summed E-state index contributed by atoms with van der Waals surface area (Å²) in [7, 11) is 0. The van der Waals surface area contributed by atoms with Crippen molar-refractivity contribution < 1.29 is 9.59 Å². The topological polar surface area (TPSA) is 49.4 Å². The summed E-state index contributed by atoms with van der Waals surface area (Å²) < 4.78 is 0. The summed E-state index contributed by atoms with van der Waals surface area (Å²) in [6.07, 6.45) is 3.27. The summed E-state index contributed by atoms with van der Waals surface area (Å²) in [6, 6.07) is 9.07. The maximum absolute atomic E-state index is 12.2. The van der Waals surface area contributed by atoms with Gasteiger partial charge in [-0.1, -0.05) is 36.8 Å². The number of hydrogen-bond donors (Lipinski definition) is 1. The first-order chi connectivity index (χ1) is 8.75. The minimum atomic E-state index is -0.282. The Morgan fingerprint density at radius 1 is 1.17 bits per heavy atom. The number of rotatable bonds is 3. The highest BCUT2D eigenvalue weighted by Gasteiger charge is 2.43. The van der Waals surface area contributed by atoms with E-state index in [4.69, 9.17) is 0 Å². The lowest BCUT2D eigenvalue weighted by molar-refractivity contribution is -0.129. The van der Waals surface area contributed by atoms with Crippen molar-refractivity contribution in [2.24, 2.45) is 5.92 Å². The first-order valence-electron chi connectivity index (χ1n) is 6.41. The third-order valence-corrected chi connectivity index (χ3v) is 3.86. The molecule has 1 unspecified atom stereocenters. The predicted octanol–water partition coefficient (Wildman–Crippen LogP) is 1.91. The number of hydrogen-bond acceptors (Lipinski definition) is 2. The van der Waals surface area contributed by atoms with Crippen LogP contribution in [0.1, 0.15) is 24.8 Å². The molecule has 1 aliphatic carbocycles. The fraction of sp³-hybridized carbons (Fsp3) is 0.429. The van der Waals surface area contributed by atoms with Crippen LogP contribution in [0.15, 0.2) is 30.3 Å². The van der Waals surface area contributed by atoms with E-state index >= 15 is 0 Å². The number of nitrogens with zero attached hydrogens (tertiary/aromatic N) is 1. The van der Waals surface area contributed by atoms with Crippen molar-refractivity contribution in [3.63, 3.8) is 0 Å². The summed E-state index contributed by atoms with van der Waals surface area (Å²) >= 11 is 0. The molecule has 94 valence electrons. The second-order valence-electron chi connectivity index (χ2n) is 5.03. The van der Waals surface area contributed by atoms with Crippen molar-refractivity contribution in [2.45, 2.75) is 31.8 Å². The molecule has 1 atom stereocenters. The van der Waals surface area contributed by atoms with Crippen molar-refractivity contribution >= 4 is 11.9 Å². The Morgan fingerprint density at radius 2 is 1.89 bits per heavy atom. The summed E-state index contributed by atoms with van der Waals surface area (Å²) in [4.78, 5) is 25.4. The summed E-state index contributed by atoms with van der Waals surface area (Å²) in [5, 5.41) is 2.81. The van der Waals surface area contributed by atoms with Crippen LogP contribution in [0.2, 0.25) is 0 Å². The Morgan fingerprint density at radius 3 is 2.50 bits per heavy atom.